The summed E-state index contributed by atoms with van der Waals surface area (Å²) in [6.45, 7) is 12.3. The number of nitrogens with one attached hydrogen (secondary N) is 1. The topological polar surface area (TPSA) is 35.5 Å². The molecule has 1 aliphatic heterocycles. The highest BCUT2D eigenvalue weighted by atomic mass is 16.3. The van der Waals surface area contributed by atoms with Gasteiger partial charge in [0.05, 0.1) is 6.10 Å². The predicted octanol–water partition coefficient (Wildman–Crippen LogP) is 2.49. The van der Waals surface area contributed by atoms with E-state index in [-0.39, 0.29) is 6.10 Å². The van der Waals surface area contributed by atoms with E-state index in [1.165, 1.54) is 25.8 Å². The molecule has 118 valence electrons. The summed E-state index contributed by atoms with van der Waals surface area (Å²) >= 11 is 0. The number of aliphatic hydroxyl groups excluding tert-OH is 1. The molecule has 2 N–H and O–H groups in total. The summed E-state index contributed by atoms with van der Waals surface area (Å²) < 4.78 is 0. The highest BCUT2D eigenvalue weighted by Gasteiger charge is 2.38. The lowest BCUT2D eigenvalue weighted by atomic mass is 9.77. The van der Waals surface area contributed by atoms with Gasteiger partial charge >= 0.3 is 0 Å². The number of likely N-dealkylation sites (tertiary alicyclic amines) is 1. The normalized spacial score (nSPS) is 36.9. The van der Waals surface area contributed by atoms with Crippen LogP contribution in [-0.4, -0.2) is 47.8 Å². The standard InChI is InChI=1S/C17H34N2O/c1-12(2)7-8-18-16-9-15(14(4)20)10-19(11-16)17-6-5-13(17)3/h12-18,20H,5-11H2,1-4H3. The fourth-order valence-electron chi connectivity index (χ4n) is 3.71. The minimum absolute atomic E-state index is 0.178. The van der Waals surface area contributed by atoms with Crippen LogP contribution in [0, 0.1) is 17.8 Å². The van der Waals surface area contributed by atoms with Gasteiger partial charge in [0.1, 0.15) is 0 Å². The first-order valence-electron chi connectivity index (χ1n) is 8.62. The number of nitrogens with zero attached hydrogens (tertiary/aromatic N) is 1. The van der Waals surface area contributed by atoms with Gasteiger partial charge in [0.25, 0.3) is 0 Å². The molecule has 1 aliphatic carbocycles. The fourth-order valence-corrected chi connectivity index (χ4v) is 3.71. The van der Waals surface area contributed by atoms with Crippen molar-refractivity contribution in [2.24, 2.45) is 17.8 Å². The molecule has 5 atom stereocenters. The molecule has 1 heterocycles. The molecule has 0 bridgehead atoms. The maximum absolute atomic E-state index is 10.0. The summed E-state index contributed by atoms with van der Waals surface area (Å²) in [7, 11) is 0. The van der Waals surface area contributed by atoms with Gasteiger partial charge in [-0.05, 0) is 56.9 Å². The molecule has 3 heteroatoms. The predicted molar refractivity (Wildman–Crippen MR) is 84.8 cm³/mol. The van der Waals surface area contributed by atoms with Crippen molar-refractivity contribution >= 4 is 0 Å². The van der Waals surface area contributed by atoms with Gasteiger partial charge in [0, 0.05) is 25.2 Å². The number of hydrogen-bond acceptors (Lipinski definition) is 3. The zero-order valence-electron chi connectivity index (χ0n) is 13.8. The van der Waals surface area contributed by atoms with Crippen LogP contribution in [0.5, 0.6) is 0 Å². The molecular weight excluding hydrogens is 248 g/mol. The van der Waals surface area contributed by atoms with Crippen LogP contribution < -0.4 is 5.32 Å². The minimum atomic E-state index is -0.178. The molecule has 5 unspecified atom stereocenters. The van der Waals surface area contributed by atoms with Gasteiger partial charge in [0.2, 0.25) is 0 Å². The Hall–Kier alpha value is -0.120. The Balaban J connectivity index is 1.87. The van der Waals surface area contributed by atoms with Crippen molar-refractivity contribution in [2.75, 3.05) is 19.6 Å². The average Bonchev–Trinajstić information content (AvgIpc) is 2.36. The Kier molecular flexibility index (Phi) is 5.88. The fraction of sp³-hybridized carbons (Fsp3) is 1.00. The lowest BCUT2D eigenvalue weighted by molar-refractivity contribution is -0.0103. The highest BCUT2D eigenvalue weighted by Crippen LogP contribution is 2.34. The van der Waals surface area contributed by atoms with Crippen LogP contribution >= 0.6 is 0 Å². The molecule has 1 saturated carbocycles. The SMILES string of the molecule is CC(C)CCNC1CC(C(C)O)CN(C2CCC2C)C1. The van der Waals surface area contributed by atoms with Crippen molar-refractivity contribution in [3.05, 3.63) is 0 Å². The molecular formula is C17H34N2O. The lowest BCUT2D eigenvalue weighted by Gasteiger charge is -2.49. The van der Waals surface area contributed by atoms with Crippen LogP contribution in [0.3, 0.4) is 0 Å². The third kappa shape index (κ3) is 4.19. The Morgan fingerprint density at radius 1 is 1.20 bits per heavy atom. The van der Waals surface area contributed by atoms with Crippen molar-refractivity contribution in [1.82, 2.24) is 10.2 Å². The van der Waals surface area contributed by atoms with Crippen LogP contribution in [0.1, 0.15) is 53.4 Å². The van der Waals surface area contributed by atoms with Crippen molar-refractivity contribution in [3.8, 4) is 0 Å². The number of aliphatic hydroxyl groups is 1. The summed E-state index contributed by atoms with van der Waals surface area (Å²) in [5.41, 5.74) is 0. The number of piperidine rings is 1. The van der Waals surface area contributed by atoms with E-state index in [0.717, 1.165) is 37.4 Å². The maximum Gasteiger partial charge on any atom is 0.0553 e. The number of rotatable bonds is 6. The van der Waals surface area contributed by atoms with Crippen LogP contribution in [0.25, 0.3) is 0 Å². The molecule has 3 nitrogen and oxygen atoms in total. The second kappa shape index (κ2) is 7.24. The average molecular weight is 282 g/mol. The molecule has 0 aromatic rings. The van der Waals surface area contributed by atoms with Crippen LogP contribution in [0.2, 0.25) is 0 Å². The Labute approximate surface area is 125 Å². The molecule has 2 rings (SSSR count). The zero-order chi connectivity index (χ0) is 14.7. The van der Waals surface area contributed by atoms with Crippen molar-refractivity contribution in [2.45, 2.75) is 71.6 Å². The molecule has 0 radical (unpaired) electrons. The summed E-state index contributed by atoms with van der Waals surface area (Å²) in [6.07, 6.45) is 4.93. The van der Waals surface area contributed by atoms with E-state index in [9.17, 15) is 5.11 Å². The minimum Gasteiger partial charge on any atom is -0.393 e. The van der Waals surface area contributed by atoms with E-state index in [0.29, 0.717) is 12.0 Å². The van der Waals surface area contributed by atoms with Gasteiger partial charge < -0.3 is 10.4 Å². The lowest BCUT2D eigenvalue weighted by Crippen LogP contribution is -2.58. The van der Waals surface area contributed by atoms with E-state index < -0.39 is 0 Å². The smallest absolute Gasteiger partial charge is 0.0553 e. The monoisotopic (exact) mass is 282 g/mol. The Bertz CT molecular complexity index is 293. The van der Waals surface area contributed by atoms with E-state index >= 15 is 0 Å². The third-order valence-electron chi connectivity index (χ3n) is 5.39. The largest absolute Gasteiger partial charge is 0.393 e. The van der Waals surface area contributed by atoms with Gasteiger partial charge in [0.15, 0.2) is 0 Å². The molecule has 0 spiro atoms. The maximum atomic E-state index is 10.0. The first-order chi connectivity index (χ1) is 9.47. The van der Waals surface area contributed by atoms with Gasteiger partial charge in [-0.3, -0.25) is 4.90 Å². The first kappa shape index (κ1) is 16.3. The van der Waals surface area contributed by atoms with Crippen LogP contribution in [0.4, 0.5) is 0 Å². The van der Waals surface area contributed by atoms with Crippen molar-refractivity contribution in [1.29, 1.82) is 0 Å². The van der Waals surface area contributed by atoms with E-state index in [1.54, 1.807) is 0 Å². The number of hydrogen-bond donors (Lipinski definition) is 2. The summed E-state index contributed by atoms with van der Waals surface area (Å²) in [5, 5.41) is 13.7. The molecule has 2 fully saturated rings. The zero-order valence-corrected chi connectivity index (χ0v) is 13.8. The van der Waals surface area contributed by atoms with E-state index in [2.05, 4.69) is 31.0 Å². The molecule has 0 aromatic heterocycles. The molecule has 1 saturated heterocycles. The van der Waals surface area contributed by atoms with E-state index in [4.69, 9.17) is 0 Å². The molecule has 0 amide bonds. The van der Waals surface area contributed by atoms with Crippen molar-refractivity contribution in [3.63, 3.8) is 0 Å². The quantitative estimate of drug-likeness (QED) is 0.786. The summed E-state index contributed by atoms with van der Waals surface area (Å²) in [6, 6.07) is 1.33. The van der Waals surface area contributed by atoms with Gasteiger partial charge in [-0.15, -0.1) is 0 Å². The summed E-state index contributed by atoms with van der Waals surface area (Å²) in [5.74, 6) is 2.05. The molecule has 0 aromatic carbocycles. The summed E-state index contributed by atoms with van der Waals surface area (Å²) in [4.78, 5) is 2.65. The second-order valence-corrected chi connectivity index (χ2v) is 7.65. The van der Waals surface area contributed by atoms with Crippen LogP contribution in [0.15, 0.2) is 0 Å². The van der Waals surface area contributed by atoms with Gasteiger partial charge in [-0.25, -0.2) is 0 Å². The third-order valence-corrected chi connectivity index (χ3v) is 5.39. The van der Waals surface area contributed by atoms with E-state index in [1.807, 2.05) is 6.92 Å². The second-order valence-electron chi connectivity index (χ2n) is 7.65. The highest BCUT2D eigenvalue weighted by molar-refractivity contribution is 4.93. The van der Waals surface area contributed by atoms with Crippen LogP contribution in [-0.2, 0) is 0 Å². The molecule has 20 heavy (non-hydrogen) atoms. The first-order valence-corrected chi connectivity index (χ1v) is 8.62. The Morgan fingerprint density at radius 2 is 1.95 bits per heavy atom. The van der Waals surface area contributed by atoms with Crippen molar-refractivity contribution < 1.29 is 5.11 Å². The Morgan fingerprint density at radius 3 is 2.45 bits per heavy atom. The van der Waals surface area contributed by atoms with Gasteiger partial charge in [-0.2, -0.15) is 0 Å². The molecule has 2 aliphatic rings. The van der Waals surface area contributed by atoms with Gasteiger partial charge in [-0.1, -0.05) is 20.8 Å².